The summed E-state index contributed by atoms with van der Waals surface area (Å²) in [5, 5.41) is 10.5. The summed E-state index contributed by atoms with van der Waals surface area (Å²) in [4.78, 5) is 16.5. The van der Waals surface area contributed by atoms with Crippen molar-refractivity contribution in [3.8, 4) is 0 Å². The average Bonchev–Trinajstić information content (AvgIpc) is 3.41. The van der Waals surface area contributed by atoms with E-state index in [1.54, 1.807) is 23.5 Å². The first-order chi connectivity index (χ1) is 19.8. The van der Waals surface area contributed by atoms with Crippen LogP contribution in [0.15, 0.2) is 77.7 Å². The predicted octanol–water partition coefficient (Wildman–Crippen LogP) is 6.37. The molecule has 0 bridgehead atoms. The van der Waals surface area contributed by atoms with Crippen LogP contribution in [0.3, 0.4) is 0 Å². The molecule has 0 radical (unpaired) electrons. The number of carboxylic acid groups (broad SMARTS) is 1. The molecule has 2 fully saturated rings. The van der Waals surface area contributed by atoms with Crippen LogP contribution in [0.4, 0.5) is 17.1 Å². The Morgan fingerprint density at radius 3 is 2.20 bits per heavy atom. The lowest BCUT2D eigenvalue weighted by Crippen LogP contribution is -2.46. The van der Waals surface area contributed by atoms with Crippen LogP contribution in [0.25, 0.3) is 0 Å². The van der Waals surface area contributed by atoms with Gasteiger partial charge >= 0.3 is 5.97 Å². The van der Waals surface area contributed by atoms with E-state index >= 15 is 0 Å². The van der Waals surface area contributed by atoms with E-state index in [-0.39, 0.29) is 29.3 Å². The molecular weight excluding hydrogens is 558 g/mol. The summed E-state index contributed by atoms with van der Waals surface area (Å²) >= 11 is 6.96. The van der Waals surface area contributed by atoms with Crippen molar-refractivity contribution in [1.29, 1.82) is 0 Å². The normalized spacial score (nSPS) is 25.1. The third kappa shape index (κ3) is 5.22. The molecule has 1 aliphatic carbocycles. The molecule has 0 aromatic heterocycles. The molecule has 6 rings (SSSR count). The number of para-hydroxylation sites is 1. The first kappa shape index (κ1) is 28.1. The Morgan fingerprint density at radius 1 is 0.878 bits per heavy atom. The minimum absolute atomic E-state index is 0.180. The third-order valence-corrected chi connectivity index (χ3v) is 11.5. The van der Waals surface area contributed by atoms with Gasteiger partial charge in [-0.3, -0.25) is 4.79 Å². The second-order valence-corrected chi connectivity index (χ2v) is 13.9. The van der Waals surface area contributed by atoms with Gasteiger partial charge in [0.1, 0.15) is 4.90 Å². The van der Waals surface area contributed by atoms with Crippen molar-refractivity contribution in [2.45, 2.75) is 49.0 Å². The number of nitrogens with zero attached hydrogens (tertiary/aromatic N) is 3. The Kier molecular flexibility index (Phi) is 7.74. The maximum Gasteiger partial charge on any atom is 0.308 e. The molecule has 3 atom stereocenters. The molecule has 9 heteroatoms. The fourth-order valence-electron chi connectivity index (χ4n) is 7.03. The molecule has 41 heavy (non-hydrogen) atoms. The van der Waals surface area contributed by atoms with E-state index in [0.29, 0.717) is 29.5 Å². The predicted molar refractivity (Wildman–Crippen MR) is 163 cm³/mol. The SMILES string of the molecule is CN1[C@H](C2CCCCC2)CN(c2ccccc2)c2cc(Cl)c(N3C[C@@H](C(=O)O)[C@H](c4ccccc4)C3)cc2S1(=O)=O. The van der Waals surface area contributed by atoms with Crippen molar-refractivity contribution in [2.24, 2.45) is 11.8 Å². The molecule has 0 spiro atoms. The van der Waals surface area contributed by atoms with E-state index in [2.05, 4.69) is 4.90 Å². The minimum atomic E-state index is -3.87. The van der Waals surface area contributed by atoms with Gasteiger partial charge in [-0.15, -0.1) is 0 Å². The van der Waals surface area contributed by atoms with Crippen molar-refractivity contribution in [3.05, 3.63) is 83.4 Å². The Hall–Kier alpha value is -3.07. The molecule has 1 saturated heterocycles. The zero-order chi connectivity index (χ0) is 28.7. The third-order valence-electron chi connectivity index (χ3n) is 9.28. The van der Waals surface area contributed by atoms with Gasteiger partial charge in [0.25, 0.3) is 0 Å². The van der Waals surface area contributed by atoms with Gasteiger partial charge in [0, 0.05) is 44.3 Å². The number of likely N-dealkylation sites (N-methyl/N-ethyl adjacent to an activating group) is 1. The van der Waals surface area contributed by atoms with Crippen molar-refractivity contribution in [2.75, 3.05) is 36.5 Å². The lowest BCUT2D eigenvalue weighted by Gasteiger charge is -2.36. The van der Waals surface area contributed by atoms with Crippen LogP contribution in [0.2, 0.25) is 5.02 Å². The number of rotatable bonds is 5. The molecule has 0 amide bonds. The number of hydrogen-bond acceptors (Lipinski definition) is 5. The van der Waals surface area contributed by atoms with Crippen LogP contribution >= 0.6 is 11.6 Å². The van der Waals surface area contributed by atoms with E-state index in [1.807, 2.05) is 65.6 Å². The zero-order valence-electron chi connectivity index (χ0n) is 23.2. The summed E-state index contributed by atoms with van der Waals surface area (Å²) in [6, 6.07) is 22.8. The molecule has 7 nitrogen and oxygen atoms in total. The van der Waals surface area contributed by atoms with Gasteiger partial charge in [0.05, 0.1) is 22.3 Å². The zero-order valence-corrected chi connectivity index (χ0v) is 24.8. The number of benzene rings is 3. The van der Waals surface area contributed by atoms with Crippen LogP contribution in [-0.4, -0.2) is 56.5 Å². The molecule has 0 unspecified atom stereocenters. The maximum atomic E-state index is 14.3. The molecule has 2 heterocycles. The van der Waals surface area contributed by atoms with Crippen LogP contribution in [0.5, 0.6) is 0 Å². The average molecular weight is 594 g/mol. The van der Waals surface area contributed by atoms with Gasteiger partial charge in [-0.05, 0) is 48.6 Å². The highest BCUT2D eigenvalue weighted by Crippen LogP contribution is 2.46. The maximum absolute atomic E-state index is 14.3. The number of anilines is 3. The molecule has 3 aromatic carbocycles. The van der Waals surface area contributed by atoms with Gasteiger partial charge in [-0.25, -0.2) is 8.42 Å². The van der Waals surface area contributed by atoms with Crippen molar-refractivity contribution >= 4 is 44.7 Å². The standard InChI is InChI=1S/C32H36ClN3O4S/c1-34-30(23-13-7-3-8-14-23)21-36(24-15-9-4-10-16-24)29-17-27(33)28(18-31(29)41(34,39)40)35-19-25(26(20-35)32(37)38)22-11-5-2-6-12-22/h2,4-6,9-12,15-18,23,25-26,30H,3,7-8,13-14,19-21H2,1H3,(H,37,38)/t25-,26+,30-/m0/s1. The van der Waals surface area contributed by atoms with Crippen molar-refractivity contribution in [3.63, 3.8) is 0 Å². The summed E-state index contributed by atoms with van der Waals surface area (Å²) in [6.45, 7) is 1.22. The number of carboxylic acids is 1. The quantitative estimate of drug-likeness (QED) is 0.370. The van der Waals surface area contributed by atoms with Crippen LogP contribution in [0.1, 0.15) is 43.6 Å². The first-order valence-electron chi connectivity index (χ1n) is 14.4. The number of halogens is 1. The topological polar surface area (TPSA) is 81.2 Å². The smallest absolute Gasteiger partial charge is 0.308 e. The van der Waals surface area contributed by atoms with Gasteiger partial charge in [0.15, 0.2) is 0 Å². The van der Waals surface area contributed by atoms with Crippen LogP contribution < -0.4 is 9.80 Å². The van der Waals surface area contributed by atoms with Crippen molar-refractivity contribution < 1.29 is 18.3 Å². The molecule has 3 aliphatic rings. The molecular formula is C32H36ClN3O4S. The highest BCUT2D eigenvalue weighted by atomic mass is 35.5. The lowest BCUT2D eigenvalue weighted by atomic mass is 9.83. The lowest BCUT2D eigenvalue weighted by molar-refractivity contribution is -0.141. The summed E-state index contributed by atoms with van der Waals surface area (Å²) in [6.07, 6.45) is 5.46. The van der Waals surface area contributed by atoms with E-state index in [4.69, 9.17) is 11.6 Å². The molecule has 2 aliphatic heterocycles. The summed E-state index contributed by atoms with van der Waals surface area (Å²) in [7, 11) is -2.16. The first-order valence-corrected chi connectivity index (χ1v) is 16.2. The van der Waals surface area contributed by atoms with Gasteiger partial charge in [0.2, 0.25) is 10.0 Å². The van der Waals surface area contributed by atoms with Crippen LogP contribution in [0, 0.1) is 11.8 Å². The van der Waals surface area contributed by atoms with E-state index in [9.17, 15) is 18.3 Å². The van der Waals surface area contributed by atoms with Crippen LogP contribution in [-0.2, 0) is 14.8 Å². The number of fused-ring (bicyclic) bond motifs is 1. The Balaban J connectivity index is 1.45. The summed E-state index contributed by atoms with van der Waals surface area (Å²) in [5.74, 6) is -1.46. The number of hydrogen-bond donors (Lipinski definition) is 1. The second kappa shape index (κ2) is 11.3. The fourth-order valence-corrected chi connectivity index (χ4v) is 8.91. The highest BCUT2D eigenvalue weighted by molar-refractivity contribution is 7.89. The largest absolute Gasteiger partial charge is 0.481 e. The Labute approximate surface area is 247 Å². The van der Waals surface area contributed by atoms with E-state index in [1.165, 1.54) is 6.42 Å². The molecule has 1 saturated carbocycles. The number of aliphatic carboxylic acids is 1. The van der Waals surface area contributed by atoms with E-state index in [0.717, 1.165) is 36.9 Å². The van der Waals surface area contributed by atoms with Crippen molar-refractivity contribution in [1.82, 2.24) is 4.31 Å². The number of sulfonamides is 1. The molecule has 1 N–H and O–H groups in total. The summed E-state index contributed by atoms with van der Waals surface area (Å²) in [5.41, 5.74) is 2.98. The van der Waals surface area contributed by atoms with E-state index < -0.39 is 21.9 Å². The Morgan fingerprint density at radius 2 is 1.54 bits per heavy atom. The summed E-state index contributed by atoms with van der Waals surface area (Å²) < 4.78 is 30.3. The monoisotopic (exact) mass is 593 g/mol. The second-order valence-electron chi connectivity index (χ2n) is 11.6. The van der Waals surface area contributed by atoms with Gasteiger partial charge in [-0.2, -0.15) is 4.31 Å². The van der Waals surface area contributed by atoms with Gasteiger partial charge in [-0.1, -0.05) is 79.4 Å². The Bertz CT molecular complexity index is 1510. The molecule has 216 valence electrons. The fraction of sp³-hybridized carbons (Fsp3) is 0.406. The highest BCUT2D eigenvalue weighted by Gasteiger charge is 2.43. The molecule has 3 aromatic rings. The van der Waals surface area contributed by atoms with Gasteiger partial charge < -0.3 is 14.9 Å². The minimum Gasteiger partial charge on any atom is -0.481 e. The number of carbonyl (C=O) groups is 1.